The van der Waals surface area contributed by atoms with Crippen LogP contribution in [-0.2, 0) is 4.79 Å². The third-order valence-electron chi connectivity index (χ3n) is 6.03. The molecule has 3 aromatic carbocycles. The summed E-state index contributed by atoms with van der Waals surface area (Å²) >= 11 is 0. The number of likely N-dealkylation sites (tertiary alicyclic amines) is 1. The second-order valence-corrected chi connectivity index (χ2v) is 8.08. The van der Waals surface area contributed by atoms with Crippen molar-refractivity contribution in [2.75, 3.05) is 13.1 Å². The lowest BCUT2D eigenvalue weighted by molar-refractivity contribution is -0.133. The van der Waals surface area contributed by atoms with Gasteiger partial charge in [0.1, 0.15) is 0 Å². The van der Waals surface area contributed by atoms with E-state index in [2.05, 4.69) is 0 Å². The monoisotopic (exact) mass is 397 g/mol. The van der Waals surface area contributed by atoms with Crippen molar-refractivity contribution in [1.82, 2.24) is 4.90 Å². The Balaban J connectivity index is 1.48. The maximum atomic E-state index is 13.5. The second-order valence-electron chi connectivity index (χ2n) is 8.08. The predicted molar refractivity (Wildman–Crippen MR) is 120 cm³/mol. The first-order valence-corrected chi connectivity index (χ1v) is 10.6. The Morgan fingerprint density at radius 1 is 0.767 bits per heavy atom. The van der Waals surface area contributed by atoms with Crippen LogP contribution in [-0.4, -0.2) is 29.7 Å². The maximum absolute atomic E-state index is 13.5. The van der Waals surface area contributed by atoms with Crippen LogP contribution < -0.4 is 0 Å². The van der Waals surface area contributed by atoms with Gasteiger partial charge in [0.25, 0.3) is 0 Å². The maximum Gasteiger partial charge on any atom is 0.234 e. The summed E-state index contributed by atoms with van der Waals surface area (Å²) in [6.07, 6.45) is 1.43. The quantitative estimate of drug-likeness (QED) is 0.552. The number of hydrogen-bond acceptors (Lipinski definition) is 2. The van der Waals surface area contributed by atoms with Crippen molar-refractivity contribution >= 4 is 11.7 Å². The summed E-state index contributed by atoms with van der Waals surface area (Å²) in [7, 11) is 0. The average Bonchev–Trinajstić information content (AvgIpc) is 2.81. The first-order valence-electron chi connectivity index (χ1n) is 10.6. The largest absolute Gasteiger partial charge is 0.342 e. The average molecular weight is 398 g/mol. The normalized spacial score (nSPS) is 14.7. The molecule has 4 rings (SSSR count). The van der Waals surface area contributed by atoms with Gasteiger partial charge in [-0.05, 0) is 30.9 Å². The highest BCUT2D eigenvalue weighted by Crippen LogP contribution is 2.30. The minimum absolute atomic E-state index is 0.0105. The number of carbonyl (C=O) groups is 2. The van der Waals surface area contributed by atoms with Gasteiger partial charge in [-0.3, -0.25) is 9.59 Å². The predicted octanol–water partition coefficient (Wildman–Crippen LogP) is 5.25. The molecule has 1 fully saturated rings. The Bertz CT molecular complexity index is 949. The van der Waals surface area contributed by atoms with E-state index in [0.717, 1.165) is 35.1 Å². The van der Waals surface area contributed by atoms with Gasteiger partial charge in [-0.25, -0.2) is 0 Å². The number of piperidine rings is 1. The Morgan fingerprint density at radius 2 is 1.27 bits per heavy atom. The van der Waals surface area contributed by atoms with E-state index in [9.17, 15) is 9.59 Å². The van der Waals surface area contributed by atoms with Gasteiger partial charge in [-0.1, -0.05) is 90.5 Å². The zero-order chi connectivity index (χ0) is 20.9. The number of rotatable bonds is 5. The van der Waals surface area contributed by atoms with Gasteiger partial charge in [0.2, 0.25) is 5.91 Å². The van der Waals surface area contributed by atoms with Crippen LogP contribution in [0.5, 0.6) is 0 Å². The lowest BCUT2D eigenvalue weighted by Crippen LogP contribution is -2.42. The summed E-state index contributed by atoms with van der Waals surface area (Å²) in [5.41, 5.74) is 3.94. The van der Waals surface area contributed by atoms with E-state index in [4.69, 9.17) is 0 Å². The van der Waals surface area contributed by atoms with Gasteiger partial charge >= 0.3 is 0 Å². The Morgan fingerprint density at radius 3 is 1.77 bits per heavy atom. The van der Waals surface area contributed by atoms with Gasteiger partial charge in [0.15, 0.2) is 5.78 Å². The van der Waals surface area contributed by atoms with Crippen LogP contribution in [0.2, 0.25) is 0 Å². The van der Waals surface area contributed by atoms with Gasteiger partial charge in [0, 0.05) is 24.6 Å². The number of Topliss-reactive ketones (excluding diaryl/α,β-unsaturated/α-hetero) is 1. The lowest BCUT2D eigenvalue weighted by atomic mass is 9.86. The molecule has 0 radical (unpaired) electrons. The highest BCUT2D eigenvalue weighted by molar-refractivity contribution is 5.98. The molecule has 1 amide bonds. The summed E-state index contributed by atoms with van der Waals surface area (Å²) in [5.74, 6) is -0.00110. The number of carbonyl (C=O) groups excluding carboxylic acids is 2. The molecule has 3 aromatic rings. The molecular formula is C27H27NO2. The van der Waals surface area contributed by atoms with Crippen molar-refractivity contribution in [3.05, 3.63) is 107 Å². The molecule has 30 heavy (non-hydrogen) atoms. The van der Waals surface area contributed by atoms with Crippen LogP contribution in [0.4, 0.5) is 0 Å². The standard InChI is InChI=1S/C27H27NO2/c1-20-12-14-23(15-13-20)26(29)24-16-18-28(19-17-24)27(30)25(21-8-4-2-5-9-21)22-10-6-3-7-11-22/h2-15,24-25H,16-19H2,1H3. The van der Waals surface area contributed by atoms with Crippen molar-refractivity contribution in [2.45, 2.75) is 25.7 Å². The van der Waals surface area contributed by atoms with Crippen molar-refractivity contribution < 1.29 is 9.59 Å². The molecule has 3 heteroatoms. The smallest absolute Gasteiger partial charge is 0.234 e. The highest BCUT2D eigenvalue weighted by atomic mass is 16.2. The molecule has 1 heterocycles. The molecule has 0 aliphatic carbocycles. The fraction of sp³-hybridized carbons (Fsp3) is 0.259. The molecule has 0 atom stereocenters. The molecule has 0 saturated carbocycles. The van der Waals surface area contributed by atoms with Gasteiger partial charge in [0.05, 0.1) is 5.92 Å². The van der Waals surface area contributed by atoms with E-state index in [1.807, 2.05) is 96.8 Å². The number of amides is 1. The highest BCUT2D eigenvalue weighted by Gasteiger charge is 2.32. The molecule has 152 valence electrons. The van der Waals surface area contributed by atoms with E-state index in [1.165, 1.54) is 0 Å². The zero-order valence-corrected chi connectivity index (χ0v) is 17.3. The summed E-state index contributed by atoms with van der Waals surface area (Å²) < 4.78 is 0. The Labute approximate surface area is 178 Å². The summed E-state index contributed by atoms with van der Waals surface area (Å²) in [6.45, 7) is 3.27. The number of nitrogens with zero attached hydrogens (tertiary/aromatic N) is 1. The summed E-state index contributed by atoms with van der Waals surface area (Å²) in [6, 6.07) is 27.7. The van der Waals surface area contributed by atoms with E-state index in [1.54, 1.807) is 0 Å². The van der Waals surface area contributed by atoms with Crippen LogP contribution in [0, 0.1) is 12.8 Å². The number of benzene rings is 3. The fourth-order valence-electron chi connectivity index (χ4n) is 4.27. The first kappa shape index (κ1) is 20.1. The van der Waals surface area contributed by atoms with Crippen molar-refractivity contribution in [2.24, 2.45) is 5.92 Å². The summed E-state index contributed by atoms with van der Waals surface area (Å²) in [5, 5.41) is 0. The van der Waals surface area contributed by atoms with Gasteiger partial charge in [-0.15, -0.1) is 0 Å². The van der Waals surface area contributed by atoms with Crippen LogP contribution in [0.15, 0.2) is 84.9 Å². The molecular weight excluding hydrogens is 370 g/mol. The minimum atomic E-state index is -0.309. The fourth-order valence-corrected chi connectivity index (χ4v) is 4.27. The first-order chi connectivity index (χ1) is 14.6. The van der Waals surface area contributed by atoms with Gasteiger partial charge in [-0.2, -0.15) is 0 Å². The molecule has 0 aromatic heterocycles. The van der Waals surface area contributed by atoms with Crippen LogP contribution in [0.3, 0.4) is 0 Å². The van der Waals surface area contributed by atoms with E-state index in [-0.39, 0.29) is 23.5 Å². The minimum Gasteiger partial charge on any atom is -0.342 e. The molecule has 0 N–H and O–H groups in total. The second kappa shape index (κ2) is 9.08. The number of ketones is 1. The van der Waals surface area contributed by atoms with Crippen molar-refractivity contribution in [3.63, 3.8) is 0 Å². The van der Waals surface area contributed by atoms with Crippen LogP contribution in [0.1, 0.15) is 45.8 Å². The van der Waals surface area contributed by atoms with Crippen LogP contribution in [0.25, 0.3) is 0 Å². The molecule has 1 aliphatic rings. The van der Waals surface area contributed by atoms with E-state index in [0.29, 0.717) is 13.1 Å². The van der Waals surface area contributed by atoms with Crippen molar-refractivity contribution in [1.29, 1.82) is 0 Å². The third-order valence-corrected chi connectivity index (χ3v) is 6.03. The van der Waals surface area contributed by atoms with Gasteiger partial charge < -0.3 is 4.90 Å². The van der Waals surface area contributed by atoms with E-state index < -0.39 is 0 Å². The Kier molecular flexibility index (Phi) is 6.08. The van der Waals surface area contributed by atoms with Crippen molar-refractivity contribution in [3.8, 4) is 0 Å². The number of hydrogen-bond donors (Lipinski definition) is 0. The Hall–Kier alpha value is -3.20. The molecule has 1 aliphatic heterocycles. The lowest BCUT2D eigenvalue weighted by Gasteiger charge is -2.34. The SMILES string of the molecule is Cc1ccc(C(=O)C2CCN(C(=O)C(c3ccccc3)c3ccccc3)CC2)cc1. The summed E-state index contributed by atoms with van der Waals surface area (Å²) in [4.78, 5) is 28.3. The number of aryl methyl sites for hydroxylation is 1. The topological polar surface area (TPSA) is 37.4 Å². The van der Waals surface area contributed by atoms with E-state index >= 15 is 0 Å². The molecule has 0 spiro atoms. The molecule has 3 nitrogen and oxygen atoms in total. The third kappa shape index (κ3) is 4.35. The molecule has 0 unspecified atom stereocenters. The zero-order valence-electron chi connectivity index (χ0n) is 17.3. The molecule has 1 saturated heterocycles. The van der Waals surface area contributed by atoms with Crippen LogP contribution >= 0.6 is 0 Å². The molecule has 0 bridgehead atoms.